The van der Waals surface area contributed by atoms with E-state index >= 15 is 0 Å². The van der Waals surface area contributed by atoms with Crippen molar-refractivity contribution in [3.05, 3.63) is 52.3 Å². The average molecular weight is 292 g/mol. The molecule has 0 saturated heterocycles. The van der Waals surface area contributed by atoms with Crippen LogP contribution in [0.15, 0.2) is 30.3 Å². The third-order valence-electron chi connectivity index (χ3n) is 3.35. The van der Waals surface area contributed by atoms with Crippen molar-refractivity contribution in [3.8, 4) is 0 Å². The minimum atomic E-state index is 0.396. The van der Waals surface area contributed by atoms with Crippen molar-refractivity contribution in [2.75, 3.05) is 6.54 Å². The summed E-state index contributed by atoms with van der Waals surface area (Å²) in [5.41, 5.74) is 3.56. The van der Waals surface area contributed by atoms with Gasteiger partial charge in [0.25, 0.3) is 0 Å². The lowest BCUT2D eigenvalue weighted by Gasteiger charge is -2.15. The Morgan fingerprint density at radius 2 is 2.10 bits per heavy atom. The van der Waals surface area contributed by atoms with Gasteiger partial charge < -0.3 is 5.32 Å². The molecule has 0 fully saturated rings. The Kier molecular flexibility index (Phi) is 5.21. The number of hydrogen-bond acceptors (Lipinski definition) is 2. The molecule has 2 rings (SSSR count). The summed E-state index contributed by atoms with van der Waals surface area (Å²) in [5.74, 6) is 0. The predicted octanol–water partition coefficient (Wildman–Crippen LogP) is 3.37. The molecule has 20 heavy (non-hydrogen) atoms. The third-order valence-corrected chi connectivity index (χ3v) is 3.58. The number of nitrogens with one attached hydrogen (secondary N) is 1. The summed E-state index contributed by atoms with van der Waals surface area (Å²) in [7, 11) is 0. The molecule has 108 valence electrons. The molecule has 0 aliphatic carbocycles. The number of rotatable bonds is 6. The van der Waals surface area contributed by atoms with Gasteiger partial charge in [0.2, 0.25) is 0 Å². The molecule has 1 aromatic carbocycles. The maximum absolute atomic E-state index is 5.98. The van der Waals surface area contributed by atoms with Crippen molar-refractivity contribution in [2.24, 2.45) is 0 Å². The van der Waals surface area contributed by atoms with Crippen molar-refractivity contribution in [2.45, 2.75) is 39.8 Å². The van der Waals surface area contributed by atoms with E-state index < -0.39 is 0 Å². The first-order valence-electron chi connectivity index (χ1n) is 7.03. The van der Waals surface area contributed by atoms with Crippen LogP contribution in [-0.4, -0.2) is 22.4 Å². The van der Waals surface area contributed by atoms with Gasteiger partial charge in [0.05, 0.1) is 12.2 Å². The average Bonchev–Trinajstić information content (AvgIpc) is 2.68. The van der Waals surface area contributed by atoms with Crippen molar-refractivity contribution in [3.63, 3.8) is 0 Å². The first-order chi connectivity index (χ1) is 9.54. The van der Waals surface area contributed by atoms with E-state index in [0.29, 0.717) is 6.04 Å². The quantitative estimate of drug-likeness (QED) is 0.884. The summed E-state index contributed by atoms with van der Waals surface area (Å²) in [5, 5.41) is 8.82. The zero-order valence-electron chi connectivity index (χ0n) is 12.4. The van der Waals surface area contributed by atoms with Gasteiger partial charge in [-0.15, -0.1) is 0 Å². The van der Waals surface area contributed by atoms with Gasteiger partial charge in [-0.1, -0.05) is 23.7 Å². The zero-order valence-corrected chi connectivity index (χ0v) is 13.1. The first-order valence-corrected chi connectivity index (χ1v) is 7.41. The second-order valence-electron chi connectivity index (χ2n) is 5.34. The molecule has 1 aromatic heterocycles. The molecule has 1 atom stereocenters. The standard InChI is InChI=1S/C16H22ClN3/c1-12-9-14(3)20(19-12)11-13(2)18-8-7-15-5-4-6-16(17)10-15/h4-6,9-10,13,18H,7-8,11H2,1-3H3. The van der Waals surface area contributed by atoms with E-state index in [1.165, 1.54) is 11.3 Å². The zero-order chi connectivity index (χ0) is 14.5. The second kappa shape index (κ2) is 6.91. The van der Waals surface area contributed by atoms with Crippen LogP contribution in [0.3, 0.4) is 0 Å². The van der Waals surface area contributed by atoms with Gasteiger partial charge in [0.15, 0.2) is 0 Å². The van der Waals surface area contributed by atoms with Crippen LogP contribution in [0.4, 0.5) is 0 Å². The Bertz CT molecular complexity index is 563. The summed E-state index contributed by atoms with van der Waals surface area (Å²) in [6.45, 7) is 8.16. The highest BCUT2D eigenvalue weighted by atomic mass is 35.5. The Morgan fingerprint density at radius 1 is 1.30 bits per heavy atom. The largest absolute Gasteiger partial charge is 0.312 e. The maximum Gasteiger partial charge on any atom is 0.0596 e. The number of aromatic nitrogens is 2. The maximum atomic E-state index is 5.98. The Hall–Kier alpha value is -1.32. The van der Waals surface area contributed by atoms with E-state index in [2.05, 4.69) is 41.1 Å². The van der Waals surface area contributed by atoms with Crippen LogP contribution in [-0.2, 0) is 13.0 Å². The van der Waals surface area contributed by atoms with Crippen molar-refractivity contribution in [1.29, 1.82) is 0 Å². The van der Waals surface area contributed by atoms with E-state index in [-0.39, 0.29) is 0 Å². The van der Waals surface area contributed by atoms with Crippen LogP contribution < -0.4 is 5.32 Å². The van der Waals surface area contributed by atoms with Crippen LogP contribution in [0.1, 0.15) is 23.9 Å². The van der Waals surface area contributed by atoms with Gasteiger partial charge in [-0.25, -0.2) is 0 Å². The van der Waals surface area contributed by atoms with Crippen molar-refractivity contribution < 1.29 is 0 Å². The summed E-state index contributed by atoms with van der Waals surface area (Å²) in [6.07, 6.45) is 0.988. The molecule has 0 saturated carbocycles. The fourth-order valence-corrected chi connectivity index (χ4v) is 2.55. The van der Waals surface area contributed by atoms with Crippen LogP contribution in [0.25, 0.3) is 0 Å². The van der Waals surface area contributed by atoms with Crippen LogP contribution in [0, 0.1) is 13.8 Å². The predicted molar refractivity (Wildman–Crippen MR) is 84.3 cm³/mol. The summed E-state index contributed by atoms with van der Waals surface area (Å²) >= 11 is 5.98. The number of aryl methyl sites for hydroxylation is 2. The van der Waals surface area contributed by atoms with Crippen molar-refractivity contribution in [1.82, 2.24) is 15.1 Å². The summed E-state index contributed by atoms with van der Waals surface area (Å²) in [6, 6.07) is 10.5. The number of hydrogen-bond donors (Lipinski definition) is 1. The number of halogens is 1. The van der Waals surface area contributed by atoms with Gasteiger partial charge >= 0.3 is 0 Å². The first kappa shape index (κ1) is 15.1. The molecule has 0 radical (unpaired) electrons. The number of benzene rings is 1. The number of nitrogens with zero attached hydrogens (tertiary/aromatic N) is 2. The van der Waals surface area contributed by atoms with E-state index in [4.69, 9.17) is 11.6 Å². The summed E-state index contributed by atoms with van der Waals surface area (Å²) in [4.78, 5) is 0. The molecule has 1 N–H and O–H groups in total. The highest BCUT2D eigenvalue weighted by Crippen LogP contribution is 2.10. The SMILES string of the molecule is Cc1cc(C)n(CC(C)NCCc2cccc(Cl)c2)n1. The highest BCUT2D eigenvalue weighted by Gasteiger charge is 2.06. The molecular formula is C16H22ClN3. The minimum absolute atomic E-state index is 0.396. The molecule has 1 heterocycles. The lowest BCUT2D eigenvalue weighted by Crippen LogP contribution is -2.32. The monoisotopic (exact) mass is 291 g/mol. The molecule has 4 heteroatoms. The molecule has 0 spiro atoms. The molecule has 1 unspecified atom stereocenters. The lowest BCUT2D eigenvalue weighted by atomic mass is 10.1. The fourth-order valence-electron chi connectivity index (χ4n) is 2.34. The van der Waals surface area contributed by atoms with Crippen LogP contribution >= 0.6 is 11.6 Å². The van der Waals surface area contributed by atoms with E-state index in [9.17, 15) is 0 Å². The molecule has 2 aromatic rings. The summed E-state index contributed by atoms with van der Waals surface area (Å²) < 4.78 is 2.06. The van der Waals surface area contributed by atoms with Gasteiger partial charge in [-0.2, -0.15) is 5.10 Å². The molecule has 0 aliphatic heterocycles. The minimum Gasteiger partial charge on any atom is -0.312 e. The molecule has 3 nitrogen and oxygen atoms in total. The van der Waals surface area contributed by atoms with E-state index in [0.717, 1.165) is 30.2 Å². The Balaban J connectivity index is 1.78. The third kappa shape index (κ3) is 4.36. The lowest BCUT2D eigenvalue weighted by molar-refractivity contribution is 0.447. The molecule has 0 aliphatic rings. The van der Waals surface area contributed by atoms with E-state index in [1.54, 1.807) is 0 Å². The topological polar surface area (TPSA) is 29.9 Å². The molecule has 0 amide bonds. The van der Waals surface area contributed by atoms with Crippen LogP contribution in [0.5, 0.6) is 0 Å². The Labute approximate surface area is 126 Å². The normalized spacial score (nSPS) is 12.6. The molecular weight excluding hydrogens is 270 g/mol. The van der Waals surface area contributed by atoms with Crippen LogP contribution in [0.2, 0.25) is 5.02 Å². The van der Waals surface area contributed by atoms with Gasteiger partial charge in [-0.3, -0.25) is 4.68 Å². The smallest absolute Gasteiger partial charge is 0.0596 e. The van der Waals surface area contributed by atoms with Gasteiger partial charge in [-0.05, 0) is 57.5 Å². The highest BCUT2D eigenvalue weighted by molar-refractivity contribution is 6.30. The fraction of sp³-hybridized carbons (Fsp3) is 0.438. The van der Waals surface area contributed by atoms with Gasteiger partial charge in [0.1, 0.15) is 0 Å². The molecule has 0 bridgehead atoms. The Morgan fingerprint density at radius 3 is 2.75 bits per heavy atom. The van der Waals surface area contributed by atoms with Gasteiger partial charge in [0, 0.05) is 16.8 Å². The van der Waals surface area contributed by atoms with Crippen molar-refractivity contribution >= 4 is 11.6 Å². The second-order valence-corrected chi connectivity index (χ2v) is 5.78. The van der Waals surface area contributed by atoms with E-state index in [1.807, 2.05) is 25.1 Å².